The molecule has 0 spiro atoms. The molecule has 0 bridgehead atoms. The fourth-order valence-corrected chi connectivity index (χ4v) is 2.35. The third-order valence-electron chi connectivity index (χ3n) is 3.00. The number of hydrogen-bond acceptors (Lipinski definition) is 5. The van der Waals surface area contributed by atoms with E-state index in [-0.39, 0.29) is 6.54 Å². The molecule has 1 atom stereocenters. The van der Waals surface area contributed by atoms with Crippen molar-refractivity contribution in [2.45, 2.75) is 31.9 Å². The zero-order valence-corrected chi connectivity index (χ0v) is 12.9. The molecular weight excluding hydrogens is 343 g/mol. The maximum absolute atomic E-state index is 13.4. The third kappa shape index (κ3) is 4.01. The number of nitro benzene ring substituents is 2. The Kier molecular flexibility index (Phi) is 5.75. The fourth-order valence-electron chi connectivity index (χ4n) is 2.15. The van der Waals surface area contributed by atoms with Gasteiger partial charge in [-0.05, 0) is 19.4 Å². The second kappa shape index (κ2) is 6.99. The summed E-state index contributed by atoms with van der Waals surface area (Å²) in [5.41, 5.74) is -5.92. The average molecular weight is 356 g/mol. The number of anilines is 1. The van der Waals surface area contributed by atoms with Crippen LogP contribution in [0.2, 0.25) is 0 Å². The minimum Gasteiger partial charge on any atom is -0.355 e. The summed E-state index contributed by atoms with van der Waals surface area (Å²) in [5.74, 6) is 0. The molecule has 128 valence electrons. The van der Waals surface area contributed by atoms with E-state index >= 15 is 0 Å². The number of hydrogen-bond donors (Lipinski definition) is 0. The lowest BCUT2D eigenvalue weighted by atomic mass is 10.1. The van der Waals surface area contributed by atoms with Gasteiger partial charge in [-0.2, -0.15) is 13.2 Å². The summed E-state index contributed by atoms with van der Waals surface area (Å²) < 4.78 is 40.1. The van der Waals surface area contributed by atoms with Crippen molar-refractivity contribution in [1.82, 2.24) is 0 Å². The molecule has 0 aliphatic rings. The van der Waals surface area contributed by atoms with Crippen LogP contribution in [-0.4, -0.2) is 21.9 Å². The zero-order chi connectivity index (χ0) is 17.9. The Morgan fingerprint density at radius 2 is 1.83 bits per heavy atom. The van der Waals surface area contributed by atoms with Gasteiger partial charge >= 0.3 is 17.6 Å². The van der Waals surface area contributed by atoms with Gasteiger partial charge in [-0.1, -0.05) is 18.5 Å². The Labute approximate surface area is 133 Å². The van der Waals surface area contributed by atoms with Crippen LogP contribution in [-0.2, 0) is 6.18 Å². The molecule has 23 heavy (non-hydrogen) atoms. The van der Waals surface area contributed by atoms with Crippen LogP contribution in [0.3, 0.4) is 0 Å². The van der Waals surface area contributed by atoms with Gasteiger partial charge in [0.2, 0.25) is 0 Å². The Morgan fingerprint density at radius 3 is 2.17 bits per heavy atom. The van der Waals surface area contributed by atoms with E-state index in [1.165, 1.54) is 6.92 Å². The molecular formula is C12H13ClF3N3O4. The molecule has 0 radical (unpaired) electrons. The van der Waals surface area contributed by atoms with Crippen LogP contribution < -0.4 is 4.90 Å². The predicted octanol–water partition coefficient (Wildman–Crippen LogP) is 4.32. The first-order valence-electron chi connectivity index (χ1n) is 6.46. The van der Waals surface area contributed by atoms with Gasteiger partial charge in [0.25, 0.3) is 0 Å². The van der Waals surface area contributed by atoms with Crippen LogP contribution in [0.15, 0.2) is 12.1 Å². The van der Waals surface area contributed by atoms with Crippen molar-refractivity contribution in [2.75, 3.05) is 11.4 Å². The Bertz CT molecular complexity index is 622. The summed E-state index contributed by atoms with van der Waals surface area (Å²) in [4.78, 5) is 20.4. The summed E-state index contributed by atoms with van der Waals surface area (Å²) in [6.45, 7) is 3.20. The molecule has 0 fully saturated rings. The minimum atomic E-state index is -5.15. The van der Waals surface area contributed by atoms with Gasteiger partial charge in [-0.25, -0.2) is 0 Å². The SMILES string of the molecule is CCCN(c1ccc([N+](=O)[O-])c([N+](=O)[O-])c1C(F)(F)F)C(C)Cl. The van der Waals surface area contributed by atoms with Crippen LogP contribution in [0.5, 0.6) is 0 Å². The van der Waals surface area contributed by atoms with E-state index < -0.39 is 44.1 Å². The van der Waals surface area contributed by atoms with Gasteiger partial charge in [0.15, 0.2) is 5.56 Å². The second-order valence-electron chi connectivity index (χ2n) is 4.61. The highest BCUT2D eigenvalue weighted by Crippen LogP contribution is 2.47. The van der Waals surface area contributed by atoms with E-state index in [4.69, 9.17) is 11.6 Å². The summed E-state index contributed by atoms with van der Waals surface area (Å²) in [6, 6.07) is 1.52. The molecule has 0 aliphatic carbocycles. The number of alkyl halides is 4. The van der Waals surface area contributed by atoms with Crippen LogP contribution in [0.25, 0.3) is 0 Å². The molecule has 1 aromatic carbocycles. The van der Waals surface area contributed by atoms with Crippen molar-refractivity contribution >= 4 is 28.7 Å². The van der Waals surface area contributed by atoms with Crippen molar-refractivity contribution in [3.8, 4) is 0 Å². The summed E-state index contributed by atoms with van der Waals surface area (Å²) in [7, 11) is 0. The van der Waals surface area contributed by atoms with E-state index in [1.54, 1.807) is 6.92 Å². The minimum absolute atomic E-state index is 0.0999. The van der Waals surface area contributed by atoms with Crippen molar-refractivity contribution in [3.63, 3.8) is 0 Å². The molecule has 0 heterocycles. The van der Waals surface area contributed by atoms with E-state index in [0.717, 1.165) is 11.0 Å². The molecule has 0 amide bonds. The second-order valence-corrected chi connectivity index (χ2v) is 5.24. The van der Waals surface area contributed by atoms with Gasteiger partial charge in [0.05, 0.1) is 15.5 Å². The average Bonchev–Trinajstić information content (AvgIpc) is 2.41. The van der Waals surface area contributed by atoms with E-state index in [2.05, 4.69) is 0 Å². The van der Waals surface area contributed by atoms with E-state index in [0.29, 0.717) is 12.5 Å². The largest absolute Gasteiger partial charge is 0.425 e. The van der Waals surface area contributed by atoms with Crippen LogP contribution >= 0.6 is 11.6 Å². The lowest BCUT2D eigenvalue weighted by molar-refractivity contribution is -0.424. The quantitative estimate of drug-likeness (QED) is 0.328. The third-order valence-corrected chi connectivity index (χ3v) is 3.24. The molecule has 0 aromatic heterocycles. The van der Waals surface area contributed by atoms with Crippen LogP contribution in [0, 0.1) is 20.2 Å². The summed E-state index contributed by atoms with van der Waals surface area (Å²) in [5, 5.41) is 21.9. The predicted molar refractivity (Wildman–Crippen MR) is 77.7 cm³/mol. The normalized spacial score (nSPS) is 12.8. The highest BCUT2D eigenvalue weighted by atomic mass is 35.5. The molecule has 0 N–H and O–H groups in total. The number of nitrogens with zero attached hydrogens (tertiary/aromatic N) is 3. The molecule has 1 unspecified atom stereocenters. The van der Waals surface area contributed by atoms with Crippen LogP contribution in [0.1, 0.15) is 25.8 Å². The molecule has 0 aliphatic heterocycles. The van der Waals surface area contributed by atoms with Crippen molar-refractivity contribution < 1.29 is 23.0 Å². The smallest absolute Gasteiger partial charge is 0.355 e. The Morgan fingerprint density at radius 1 is 1.26 bits per heavy atom. The lowest BCUT2D eigenvalue weighted by Crippen LogP contribution is -2.32. The maximum Gasteiger partial charge on any atom is 0.425 e. The fraction of sp³-hybridized carbons (Fsp3) is 0.500. The van der Waals surface area contributed by atoms with Gasteiger partial charge in [0.1, 0.15) is 5.50 Å². The number of halogens is 4. The molecule has 7 nitrogen and oxygen atoms in total. The van der Waals surface area contributed by atoms with Gasteiger partial charge in [-0.15, -0.1) is 0 Å². The van der Waals surface area contributed by atoms with Crippen molar-refractivity contribution in [2.24, 2.45) is 0 Å². The number of nitro groups is 2. The van der Waals surface area contributed by atoms with Crippen molar-refractivity contribution in [3.05, 3.63) is 37.9 Å². The van der Waals surface area contributed by atoms with Crippen molar-refractivity contribution in [1.29, 1.82) is 0 Å². The summed E-state index contributed by atoms with van der Waals surface area (Å²) in [6.07, 6.45) is -4.72. The standard InChI is InChI=1S/C12H13ClF3N3O4/c1-3-6-17(7(2)13)8-4-5-9(18(20)21)11(19(22)23)10(8)12(14,15)16/h4-5,7H,3,6H2,1-2H3. The number of rotatable bonds is 6. The maximum atomic E-state index is 13.4. The highest BCUT2D eigenvalue weighted by Gasteiger charge is 2.47. The molecule has 1 aromatic rings. The highest BCUT2D eigenvalue weighted by molar-refractivity contribution is 6.21. The number of benzene rings is 1. The lowest BCUT2D eigenvalue weighted by Gasteiger charge is -2.29. The summed E-state index contributed by atoms with van der Waals surface area (Å²) >= 11 is 5.87. The van der Waals surface area contributed by atoms with Crippen LogP contribution in [0.4, 0.5) is 30.2 Å². The first kappa shape index (κ1) is 18.9. The monoisotopic (exact) mass is 355 g/mol. The Balaban J connectivity index is 3.82. The zero-order valence-electron chi connectivity index (χ0n) is 12.1. The first-order chi connectivity index (χ1) is 10.5. The van der Waals surface area contributed by atoms with E-state index in [9.17, 15) is 33.4 Å². The first-order valence-corrected chi connectivity index (χ1v) is 6.89. The molecule has 1 rings (SSSR count). The molecule has 0 saturated heterocycles. The van der Waals surface area contributed by atoms with Gasteiger partial charge in [0, 0.05) is 12.6 Å². The Hall–Kier alpha value is -2.10. The topological polar surface area (TPSA) is 89.5 Å². The van der Waals surface area contributed by atoms with E-state index in [1.807, 2.05) is 0 Å². The van der Waals surface area contributed by atoms with Gasteiger partial charge < -0.3 is 4.90 Å². The van der Waals surface area contributed by atoms with Gasteiger partial charge in [-0.3, -0.25) is 20.2 Å². The molecule has 0 saturated carbocycles. The molecule has 11 heteroatoms.